The van der Waals surface area contributed by atoms with Crippen molar-refractivity contribution in [1.29, 1.82) is 0 Å². The van der Waals surface area contributed by atoms with E-state index >= 15 is 0 Å². The van der Waals surface area contributed by atoms with Crippen molar-refractivity contribution in [1.82, 2.24) is 14.3 Å². The van der Waals surface area contributed by atoms with E-state index in [-0.39, 0.29) is 6.04 Å². The first-order chi connectivity index (χ1) is 8.88. The SMILES string of the molecule is Cc1cnc(C)c(NC[C@H]2CCCN2S(C)(=O)=O)n1. The van der Waals surface area contributed by atoms with E-state index < -0.39 is 10.0 Å². The highest BCUT2D eigenvalue weighted by atomic mass is 32.2. The summed E-state index contributed by atoms with van der Waals surface area (Å²) in [4.78, 5) is 8.61. The van der Waals surface area contributed by atoms with E-state index in [2.05, 4.69) is 15.3 Å². The third kappa shape index (κ3) is 3.42. The van der Waals surface area contributed by atoms with E-state index in [0.717, 1.165) is 30.0 Å². The number of hydrogen-bond donors (Lipinski definition) is 1. The van der Waals surface area contributed by atoms with Crippen LogP contribution in [0.4, 0.5) is 5.82 Å². The molecule has 7 heteroatoms. The predicted octanol–water partition coefficient (Wildman–Crippen LogP) is 0.929. The van der Waals surface area contributed by atoms with Gasteiger partial charge in [-0.25, -0.2) is 13.4 Å². The standard InChI is InChI=1S/C12H20N4O2S/c1-9-7-13-10(2)12(15-9)14-8-11-5-4-6-16(11)19(3,17)18/h7,11H,4-6,8H2,1-3H3,(H,14,15)/t11-/m1/s1. The van der Waals surface area contributed by atoms with Gasteiger partial charge in [-0.05, 0) is 26.7 Å². The minimum absolute atomic E-state index is 0.0108. The van der Waals surface area contributed by atoms with Crippen LogP contribution in [0.25, 0.3) is 0 Å². The van der Waals surface area contributed by atoms with Gasteiger partial charge in [0.1, 0.15) is 5.82 Å². The Morgan fingerprint density at radius 2 is 2.21 bits per heavy atom. The molecule has 1 atom stereocenters. The molecule has 0 bridgehead atoms. The molecule has 0 radical (unpaired) electrons. The van der Waals surface area contributed by atoms with Crippen LogP contribution in [-0.2, 0) is 10.0 Å². The number of hydrogen-bond acceptors (Lipinski definition) is 5. The van der Waals surface area contributed by atoms with Gasteiger partial charge < -0.3 is 5.32 Å². The smallest absolute Gasteiger partial charge is 0.211 e. The van der Waals surface area contributed by atoms with Crippen LogP contribution < -0.4 is 5.32 Å². The Bertz CT molecular complexity index is 559. The number of aryl methyl sites for hydroxylation is 2. The van der Waals surface area contributed by atoms with Gasteiger partial charge in [0.25, 0.3) is 0 Å². The molecule has 6 nitrogen and oxygen atoms in total. The molecule has 2 rings (SSSR count). The number of aromatic nitrogens is 2. The van der Waals surface area contributed by atoms with E-state index in [1.54, 1.807) is 10.5 Å². The molecule has 1 aromatic heterocycles. The Labute approximate surface area is 114 Å². The van der Waals surface area contributed by atoms with Crippen molar-refractivity contribution < 1.29 is 8.42 Å². The second-order valence-corrected chi connectivity index (χ2v) is 6.93. The average Bonchev–Trinajstić information content (AvgIpc) is 2.78. The fraction of sp³-hybridized carbons (Fsp3) is 0.667. The summed E-state index contributed by atoms with van der Waals surface area (Å²) in [6.45, 7) is 4.96. The van der Waals surface area contributed by atoms with Crippen molar-refractivity contribution in [2.45, 2.75) is 32.7 Å². The summed E-state index contributed by atoms with van der Waals surface area (Å²) in [5.41, 5.74) is 1.67. The maximum atomic E-state index is 11.6. The van der Waals surface area contributed by atoms with Crippen molar-refractivity contribution in [3.8, 4) is 0 Å². The number of anilines is 1. The molecule has 1 saturated heterocycles. The predicted molar refractivity (Wildman–Crippen MR) is 74.6 cm³/mol. The van der Waals surface area contributed by atoms with Crippen LogP contribution >= 0.6 is 0 Å². The molecule has 2 heterocycles. The van der Waals surface area contributed by atoms with Crippen LogP contribution in [0.5, 0.6) is 0 Å². The van der Waals surface area contributed by atoms with E-state index in [0.29, 0.717) is 13.1 Å². The normalized spacial score (nSPS) is 20.7. The van der Waals surface area contributed by atoms with E-state index in [1.807, 2.05) is 13.8 Å². The minimum atomic E-state index is -3.12. The van der Waals surface area contributed by atoms with Gasteiger partial charge in [-0.15, -0.1) is 0 Å². The first-order valence-corrected chi connectivity index (χ1v) is 8.23. The zero-order valence-electron chi connectivity index (χ0n) is 11.5. The van der Waals surface area contributed by atoms with E-state index in [4.69, 9.17) is 0 Å². The van der Waals surface area contributed by atoms with Gasteiger partial charge in [0.05, 0.1) is 17.6 Å². The summed E-state index contributed by atoms with van der Waals surface area (Å²) in [5, 5.41) is 3.22. The Kier molecular flexibility index (Phi) is 4.05. The second kappa shape index (κ2) is 5.42. The number of nitrogens with zero attached hydrogens (tertiary/aromatic N) is 3. The number of nitrogens with one attached hydrogen (secondary N) is 1. The number of rotatable bonds is 4. The molecule has 0 unspecified atom stereocenters. The van der Waals surface area contributed by atoms with Crippen LogP contribution in [0.1, 0.15) is 24.2 Å². The van der Waals surface area contributed by atoms with Gasteiger partial charge in [-0.3, -0.25) is 4.98 Å². The molecule has 0 aromatic carbocycles. The lowest BCUT2D eigenvalue weighted by Crippen LogP contribution is -2.39. The van der Waals surface area contributed by atoms with Gasteiger partial charge in [0.2, 0.25) is 10.0 Å². The summed E-state index contributed by atoms with van der Waals surface area (Å²) in [6, 6.07) is 0.0108. The Balaban J connectivity index is 2.04. The molecule has 1 aliphatic heterocycles. The van der Waals surface area contributed by atoms with Gasteiger partial charge in [-0.2, -0.15) is 4.31 Å². The van der Waals surface area contributed by atoms with Crippen LogP contribution in [0.15, 0.2) is 6.20 Å². The van der Waals surface area contributed by atoms with Crippen LogP contribution in [0, 0.1) is 13.8 Å². The van der Waals surface area contributed by atoms with E-state index in [9.17, 15) is 8.42 Å². The third-order valence-corrected chi connectivity index (χ3v) is 4.66. The Morgan fingerprint density at radius 1 is 1.47 bits per heavy atom. The van der Waals surface area contributed by atoms with Crippen molar-refractivity contribution >= 4 is 15.8 Å². The van der Waals surface area contributed by atoms with Crippen molar-refractivity contribution in [2.75, 3.05) is 24.7 Å². The molecule has 0 aliphatic carbocycles. The highest BCUT2D eigenvalue weighted by Gasteiger charge is 2.31. The van der Waals surface area contributed by atoms with Gasteiger partial charge in [0, 0.05) is 25.3 Å². The summed E-state index contributed by atoms with van der Waals surface area (Å²) in [6.07, 6.45) is 4.79. The van der Waals surface area contributed by atoms with Crippen molar-refractivity contribution in [2.24, 2.45) is 0 Å². The maximum Gasteiger partial charge on any atom is 0.211 e. The Morgan fingerprint density at radius 3 is 2.89 bits per heavy atom. The fourth-order valence-corrected chi connectivity index (χ4v) is 3.55. The molecule has 1 aromatic rings. The molecule has 0 spiro atoms. The monoisotopic (exact) mass is 284 g/mol. The summed E-state index contributed by atoms with van der Waals surface area (Å²) in [5.74, 6) is 0.736. The average molecular weight is 284 g/mol. The quantitative estimate of drug-likeness (QED) is 0.890. The third-order valence-electron chi connectivity index (χ3n) is 3.33. The topological polar surface area (TPSA) is 75.2 Å². The molecular weight excluding hydrogens is 264 g/mol. The fourth-order valence-electron chi connectivity index (χ4n) is 2.37. The van der Waals surface area contributed by atoms with Gasteiger partial charge >= 0.3 is 0 Å². The summed E-state index contributed by atoms with van der Waals surface area (Å²) in [7, 11) is -3.12. The van der Waals surface area contributed by atoms with Crippen LogP contribution in [-0.4, -0.2) is 48.1 Å². The molecule has 106 valence electrons. The largest absolute Gasteiger partial charge is 0.367 e. The minimum Gasteiger partial charge on any atom is -0.367 e. The zero-order chi connectivity index (χ0) is 14.0. The Hall–Kier alpha value is -1.21. The van der Waals surface area contributed by atoms with E-state index in [1.165, 1.54) is 6.26 Å². The molecule has 1 fully saturated rings. The lowest BCUT2D eigenvalue weighted by Gasteiger charge is -2.22. The summed E-state index contributed by atoms with van der Waals surface area (Å²) < 4.78 is 24.9. The van der Waals surface area contributed by atoms with Crippen LogP contribution in [0.2, 0.25) is 0 Å². The molecule has 1 N–H and O–H groups in total. The molecular formula is C12H20N4O2S. The first kappa shape index (κ1) is 14.2. The molecule has 1 aliphatic rings. The van der Waals surface area contributed by atoms with Crippen LogP contribution in [0.3, 0.4) is 0 Å². The first-order valence-electron chi connectivity index (χ1n) is 6.39. The maximum absolute atomic E-state index is 11.6. The highest BCUT2D eigenvalue weighted by Crippen LogP contribution is 2.21. The summed E-state index contributed by atoms with van der Waals surface area (Å²) >= 11 is 0. The molecule has 19 heavy (non-hydrogen) atoms. The highest BCUT2D eigenvalue weighted by molar-refractivity contribution is 7.88. The van der Waals surface area contributed by atoms with Crippen molar-refractivity contribution in [3.05, 3.63) is 17.6 Å². The second-order valence-electron chi connectivity index (χ2n) is 5.00. The lowest BCUT2D eigenvalue weighted by molar-refractivity contribution is 0.402. The molecule has 0 saturated carbocycles. The molecule has 0 amide bonds. The lowest BCUT2D eigenvalue weighted by atomic mass is 10.2. The zero-order valence-corrected chi connectivity index (χ0v) is 12.4. The van der Waals surface area contributed by atoms with Gasteiger partial charge in [0.15, 0.2) is 0 Å². The van der Waals surface area contributed by atoms with Gasteiger partial charge in [-0.1, -0.05) is 0 Å². The van der Waals surface area contributed by atoms with Crippen molar-refractivity contribution in [3.63, 3.8) is 0 Å². The number of sulfonamides is 1.